The van der Waals surface area contributed by atoms with Crippen molar-refractivity contribution < 1.29 is 5.11 Å². The number of benzene rings is 2. The number of aliphatic hydroxyl groups is 1. The highest BCUT2D eigenvalue weighted by Crippen LogP contribution is 2.22. The Bertz CT molecular complexity index is 593. The van der Waals surface area contributed by atoms with E-state index < -0.39 is 6.10 Å². The minimum Gasteiger partial charge on any atom is -0.387 e. The first-order valence-corrected chi connectivity index (χ1v) is 7.26. The minimum absolute atomic E-state index is 0.403. The predicted octanol–water partition coefficient (Wildman–Crippen LogP) is 3.09. The van der Waals surface area contributed by atoms with Gasteiger partial charge in [-0.05, 0) is 30.0 Å². The van der Waals surface area contributed by atoms with E-state index in [1.165, 1.54) is 16.7 Å². The molecule has 0 aromatic heterocycles. The second kappa shape index (κ2) is 5.78. The number of hydrogen-bond donors (Lipinski definition) is 1. The van der Waals surface area contributed by atoms with Crippen molar-refractivity contribution in [3.63, 3.8) is 0 Å². The molecule has 104 valence electrons. The fraction of sp³-hybridized carbons (Fsp3) is 0.333. The third kappa shape index (κ3) is 2.92. The molecule has 0 saturated heterocycles. The SMILES string of the molecule is Cc1cccc(C(O)CN2CCc3ccccc3C2)c1. The maximum absolute atomic E-state index is 10.4. The highest BCUT2D eigenvalue weighted by Gasteiger charge is 2.19. The fourth-order valence-corrected chi connectivity index (χ4v) is 2.94. The number of hydrogen-bond acceptors (Lipinski definition) is 2. The molecule has 2 aromatic carbocycles. The van der Waals surface area contributed by atoms with Crippen molar-refractivity contribution in [1.82, 2.24) is 4.90 Å². The zero-order valence-electron chi connectivity index (χ0n) is 11.9. The Hall–Kier alpha value is -1.64. The van der Waals surface area contributed by atoms with Crippen molar-refractivity contribution in [2.45, 2.75) is 26.0 Å². The van der Waals surface area contributed by atoms with Gasteiger partial charge in [0.2, 0.25) is 0 Å². The van der Waals surface area contributed by atoms with E-state index in [9.17, 15) is 5.11 Å². The Labute approximate surface area is 120 Å². The Balaban J connectivity index is 1.67. The van der Waals surface area contributed by atoms with Gasteiger partial charge < -0.3 is 5.11 Å². The molecule has 0 amide bonds. The lowest BCUT2D eigenvalue weighted by Crippen LogP contribution is -2.33. The number of rotatable bonds is 3. The largest absolute Gasteiger partial charge is 0.387 e. The van der Waals surface area contributed by atoms with Crippen LogP contribution in [0.1, 0.15) is 28.4 Å². The lowest BCUT2D eigenvalue weighted by Gasteiger charge is -2.30. The standard InChI is InChI=1S/C18H21NO/c1-14-5-4-8-16(11-14)18(20)13-19-10-9-15-6-2-3-7-17(15)12-19/h2-8,11,18,20H,9-10,12-13H2,1H3. The van der Waals surface area contributed by atoms with Crippen LogP contribution in [0, 0.1) is 6.92 Å². The Morgan fingerprint density at radius 3 is 2.70 bits per heavy atom. The molecule has 1 aliphatic rings. The molecule has 0 saturated carbocycles. The van der Waals surface area contributed by atoms with E-state index in [2.05, 4.69) is 48.2 Å². The molecule has 3 rings (SSSR count). The van der Waals surface area contributed by atoms with Gasteiger partial charge in [-0.3, -0.25) is 4.90 Å². The minimum atomic E-state index is -0.403. The maximum Gasteiger partial charge on any atom is 0.0917 e. The summed E-state index contributed by atoms with van der Waals surface area (Å²) in [6.07, 6.45) is 0.677. The molecular weight excluding hydrogens is 246 g/mol. The third-order valence-corrected chi connectivity index (χ3v) is 4.07. The van der Waals surface area contributed by atoms with Crippen LogP contribution in [0.15, 0.2) is 48.5 Å². The normalized spacial score (nSPS) is 16.7. The molecule has 1 unspecified atom stereocenters. The fourth-order valence-electron chi connectivity index (χ4n) is 2.94. The summed E-state index contributed by atoms with van der Waals surface area (Å²) in [6.45, 7) is 4.74. The maximum atomic E-state index is 10.4. The van der Waals surface area contributed by atoms with Gasteiger partial charge in [0, 0.05) is 19.6 Å². The van der Waals surface area contributed by atoms with Gasteiger partial charge in [0.25, 0.3) is 0 Å². The van der Waals surface area contributed by atoms with Crippen molar-refractivity contribution in [1.29, 1.82) is 0 Å². The van der Waals surface area contributed by atoms with Gasteiger partial charge in [0.1, 0.15) is 0 Å². The summed E-state index contributed by atoms with van der Waals surface area (Å²) >= 11 is 0. The first-order chi connectivity index (χ1) is 9.72. The summed E-state index contributed by atoms with van der Waals surface area (Å²) in [7, 11) is 0. The van der Waals surface area contributed by atoms with Gasteiger partial charge in [-0.2, -0.15) is 0 Å². The van der Waals surface area contributed by atoms with Crippen molar-refractivity contribution >= 4 is 0 Å². The van der Waals surface area contributed by atoms with E-state index in [0.717, 1.165) is 25.1 Å². The van der Waals surface area contributed by atoms with Gasteiger partial charge >= 0.3 is 0 Å². The summed E-state index contributed by atoms with van der Waals surface area (Å²) in [5.41, 5.74) is 5.07. The van der Waals surface area contributed by atoms with E-state index in [-0.39, 0.29) is 0 Å². The van der Waals surface area contributed by atoms with Crippen molar-refractivity contribution in [3.05, 3.63) is 70.8 Å². The van der Waals surface area contributed by atoms with Gasteiger partial charge in [-0.1, -0.05) is 54.1 Å². The molecule has 20 heavy (non-hydrogen) atoms. The van der Waals surface area contributed by atoms with E-state index in [0.29, 0.717) is 6.54 Å². The van der Waals surface area contributed by atoms with E-state index in [1.807, 2.05) is 12.1 Å². The van der Waals surface area contributed by atoms with E-state index in [1.54, 1.807) is 0 Å². The van der Waals surface area contributed by atoms with Crippen LogP contribution in [-0.2, 0) is 13.0 Å². The average molecular weight is 267 g/mol. The van der Waals surface area contributed by atoms with Gasteiger partial charge in [-0.25, -0.2) is 0 Å². The molecule has 0 aliphatic carbocycles. The molecular formula is C18H21NO. The Morgan fingerprint density at radius 1 is 1.10 bits per heavy atom. The molecule has 0 radical (unpaired) electrons. The molecule has 1 aliphatic heterocycles. The number of β-amino-alcohol motifs (C(OH)–C–C–N with tert-alkyl or cyclic N) is 1. The number of aryl methyl sites for hydroxylation is 1. The van der Waals surface area contributed by atoms with Crippen LogP contribution in [0.2, 0.25) is 0 Å². The van der Waals surface area contributed by atoms with Crippen LogP contribution in [0.25, 0.3) is 0 Å². The van der Waals surface area contributed by atoms with Gasteiger partial charge in [0.15, 0.2) is 0 Å². The average Bonchev–Trinajstić information content (AvgIpc) is 2.47. The van der Waals surface area contributed by atoms with Crippen LogP contribution in [0.3, 0.4) is 0 Å². The Morgan fingerprint density at radius 2 is 1.90 bits per heavy atom. The van der Waals surface area contributed by atoms with Crippen molar-refractivity contribution in [3.8, 4) is 0 Å². The molecule has 1 N–H and O–H groups in total. The first-order valence-electron chi connectivity index (χ1n) is 7.26. The molecule has 2 nitrogen and oxygen atoms in total. The van der Waals surface area contributed by atoms with Crippen LogP contribution >= 0.6 is 0 Å². The lowest BCUT2D eigenvalue weighted by atomic mass is 9.99. The predicted molar refractivity (Wildman–Crippen MR) is 81.6 cm³/mol. The highest BCUT2D eigenvalue weighted by molar-refractivity contribution is 5.29. The molecule has 1 heterocycles. The summed E-state index contributed by atoms with van der Waals surface area (Å²) in [5.74, 6) is 0. The van der Waals surface area contributed by atoms with Crippen LogP contribution in [0.4, 0.5) is 0 Å². The molecule has 0 spiro atoms. The highest BCUT2D eigenvalue weighted by atomic mass is 16.3. The second-order valence-electron chi connectivity index (χ2n) is 5.68. The number of aliphatic hydroxyl groups excluding tert-OH is 1. The van der Waals surface area contributed by atoms with Crippen LogP contribution in [0.5, 0.6) is 0 Å². The smallest absolute Gasteiger partial charge is 0.0917 e. The third-order valence-electron chi connectivity index (χ3n) is 4.07. The molecule has 0 bridgehead atoms. The first kappa shape index (κ1) is 13.3. The molecule has 2 heteroatoms. The lowest BCUT2D eigenvalue weighted by molar-refractivity contribution is 0.106. The zero-order chi connectivity index (χ0) is 13.9. The van der Waals surface area contributed by atoms with Crippen LogP contribution in [-0.4, -0.2) is 23.1 Å². The topological polar surface area (TPSA) is 23.5 Å². The Kier molecular flexibility index (Phi) is 3.86. The quantitative estimate of drug-likeness (QED) is 0.923. The number of nitrogens with zero attached hydrogens (tertiary/aromatic N) is 1. The summed E-state index contributed by atoms with van der Waals surface area (Å²) in [6, 6.07) is 16.8. The van der Waals surface area contributed by atoms with Crippen LogP contribution < -0.4 is 0 Å². The molecule has 0 fully saturated rings. The summed E-state index contributed by atoms with van der Waals surface area (Å²) in [4.78, 5) is 2.34. The number of fused-ring (bicyclic) bond motifs is 1. The van der Waals surface area contributed by atoms with Crippen molar-refractivity contribution in [2.75, 3.05) is 13.1 Å². The zero-order valence-corrected chi connectivity index (χ0v) is 11.9. The summed E-state index contributed by atoms with van der Waals surface area (Å²) in [5, 5.41) is 10.4. The monoisotopic (exact) mass is 267 g/mol. The second-order valence-corrected chi connectivity index (χ2v) is 5.68. The van der Waals surface area contributed by atoms with Gasteiger partial charge in [0.05, 0.1) is 6.10 Å². The van der Waals surface area contributed by atoms with Gasteiger partial charge in [-0.15, -0.1) is 0 Å². The van der Waals surface area contributed by atoms with E-state index >= 15 is 0 Å². The van der Waals surface area contributed by atoms with E-state index in [4.69, 9.17) is 0 Å². The molecule has 1 atom stereocenters. The van der Waals surface area contributed by atoms with Crippen molar-refractivity contribution in [2.24, 2.45) is 0 Å². The molecule has 2 aromatic rings. The summed E-state index contributed by atoms with van der Waals surface area (Å²) < 4.78 is 0.